The molecule has 3 nitrogen and oxygen atoms in total. The standard InChI is InChI=1S/C13H27NO2/c1-5-12(15)10(2)7-6-8-13(4,16)9-11(3)14/h10-11,16H,5-9,14H2,1-4H3. The molecular formula is C13H27NO2. The molecule has 0 saturated heterocycles. The summed E-state index contributed by atoms with van der Waals surface area (Å²) in [6, 6.07) is 0.0182. The quantitative estimate of drug-likeness (QED) is 0.671. The summed E-state index contributed by atoms with van der Waals surface area (Å²) in [7, 11) is 0. The lowest BCUT2D eigenvalue weighted by atomic mass is 9.89. The number of rotatable bonds is 8. The Kier molecular flexibility index (Phi) is 6.84. The van der Waals surface area contributed by atoms with Crippen molar-refractivity contribution >= 4 is 5.78 Å². The maximum absolute atomic E-state index is 11.4. The lowest BCUT2D eigenvalue weighted by molar-refractivity contribution is -0.122. The van der Waals surface area contributed by atoms with Crippen molar-refractivity contribution < 1.29 is 9.90 Å². The fourth-order valence-corrected chi connectivity index (χ4v) is 2.09. The molecule has 0 heterocycles. The maximum atomic E-state index is 11.4. The summed E-state index contributed by atoms with van der Waals surface area (Å²) >= 11 is 0. The number of ketones is 1. The van der Waals surface area contributed by atoms with E-state index in [1.54, 1.807) is 0 Å². The van der Waals surface area contributed by atoms with Crippen molar-refractivity contribution in [1.82, 2.24) is 0 Å². The van der Waals surface area contributed by atoms with E-state index in [-0.39, 0.29) is 12.0 Å². The number of nitrogens with two attached hydrogens (primary N) is 1. The first-order chi connectivity index (χ1) is 7.28. The molecule has 0 rings (SSSR count). The molecule has 16 heavy (non-hydrogen) atoms. The molecule has 0 aromatic heterocycles. The predicted octanol–water partition coefficient (Wildman–Crippen LogP) is 2.26. The zero-order chi connectivity index (χ0) is 12.8. The van der Waals surface area contributed by atoms with Crippen LogP contribution >= 0.6 is 0 Å². The van der Waals surface area contributed by atoms with E-state index in [1.807, 2.05) is 27.7 Å². The molecule has 0 fully saturated rings. The van der Waals surface area contributed by atoms with Gasteiger partial charge in [0.25, 0.3) is 0 Å². The van der Waals surface area contributed by atoms with Gasteiger partial charge < -0.3 is 10.8 Å². The summed E-state index contributed by atoms with van der Waals surface area (Å²) in [6.07, 6.45) is 3.69. The Morgan fingerprint density at radius 1 is 1.44 bits per heavy atom. The van der Waals surface area contributed by atoms with E-state index < -0.39 is 5.60 Å². The highest BCUT2D eigenvalue weighted by molar-refractivity contribution is 5.80. The molecule has 0 bridgehead atoms. The van der Waals surface area contributed by atoms with Gasteiger partial charge in [0.15, 0.2) is 0 Å². The lowest BCUT2D eigenvalue weighted by Crippen LogP contribution is -2.32. The van der Waals surface area contributed by atoms with Gasteiger partial charge in [-0.25, -0.2) is 0 Å². The van der Waals surface area contributed by atoms with Crippen LogP contribution in [0.5, 0.6) is 0 Å². The zero-order valence-electron chi connectivity index (χ0n) is 11.1. The smallest absolute Gasteiger partial charge is 0.135 e. The topological polar surface area (TPSA) is 63.3 Å². The monoisotopic (exact) mass is 229 g/mol. The Bertz CT molecular complexity index is 212. The minimum absolute atomic E-state index is 0.0182. The Morgan fingerprint density at radius 3 is 2.44 bits per heavy atom. The first-order valence-electron chi connectivity index (χ1n) is 6.29. The fraction of sp³-hybridized carbons (Fsp3) is 0.923. The minimum atomic E-state index is -0.691. The minimum Gasteiger partial charge on any atom is -0.390 e. The SMILES string of the molecule is CCC(=O)C(C)CCCC(C)(O)CC(C)N. The molecule has 0 aromatic carbocycles. The molecule has 3 atom stereocenters. The van der Waals surface area contributed by atoms with Crippen LogP contribution in [0.2, 0.25) is 0 Å². The van der Waals surface area contributed by atoms with Gasteiger partial charge in [-0.15, -0.1) is 0 Å². The molecule has 3 N–H and O–H groups in total. The van der Waals surface area contributed by atoms with Crippen LogP contribution in [0.15, 0.2) is 0 Å². The van der Waals surface area contributed by atoms with E-state index in [0.717, 1.165) is 19.3 Å². The van der Waals surface area contributed by atoms with Gasteiger partial charge in [0.05, 0.1) is 5.60 Å². The fourth-order valence-electron chi connectivity index (χ4n) is 2.09. The molecule has 0 radical (unpaired) electrons. The number of hydrogen-bond donors (Lipinski definition) is 2. The second kappa shape index (κ2) is 7.02. The third kappa shape index (κ3) is 6.96. The summed E-state index contributed by atoms with van der Waals surface area (Å²) < 4.78 is 0. The van der Waals surface area contributed by atoms with Crippen LogP contribution in [-0.4, -0.2) is 22.5 Å². The third-order valence-corrected chi connectivity index (χ3v) is 3.01. The van der Waals surface area contributed by atoms with Crippen LogP contribution in [0.3, 0.4) is 0 Å². The van der Waals surface area contributed by atoms with Gasteiger partial charge >= 0.3 is 0 Å². The molecule has 0 aliphatic carbocycles. The van der Waals surface area contributed by atoms with E-state index in [2.05, 4.69) is 0 Å². The molecular weight excluding hydrogens is 202 g/mol. The Balaban J connectivity index is 3.84. The van der Waals surface area contributed by atoms with Crippen molar-refractivity contribution in [2.24, 2.45) is 11.7 Å². The summed E-state index contributed by atoms with van der Waals surface area (Å²) in [4.78, 5) is 11.4. The van der Waals surface area contributed by atoms with Crippen LogP contribution in [0.25, 0.3) is 0 Å². The first kappa shape index (κ1) is 15.6. The molecule has 0 aliphatic rings. The van der Waals surface area contributed by atoms with Crippen molar-refractivity contribution in [2.75, 3.05) is 0 Å². The molecule has 96 valence electrons. The average Bonchev–Trinajstić information content (AvgIpc) is 2.13. The Labute approximate surface area is 99.4 Å². The van der Waals surface area contributed by atoms with Crippen molar-refractivity contribution in [3.8, 4) is 0 Å². The molecule has 3 heteroatoms. The van der Waals surface area contributed by atoms with Crippen LogP contribution in [0.4, 0.5) is 0 Å². The summed E-state index contributed by atoms with van der Waals surface area (Å²) in [5.74, 6) is 0.433. The second-order valence-electron chi connectivity index (χ2n) is 5.29. The third-order valence-electron chi connectivity index (χ3n) is 3.01. The highest BCUT2D eigenvalue weighted by atomic mass is 16.3. The largest absolute Gasteiger partial charge is 0.390 e. The summed E-state index contributed by atoms with van der Waals surface area (Å²) in [6.45, 7) is 7.58. The first-order valence-corrected chi connectivity index (χ1v) is 6.29. The van der Waals surface area contributed by atoms with Gasteiger partial charge in [-0.1, -0.05) is 13.8 Å². The van der Waals surface area contributed by atoms with Crippen molar-refractivity contribution in [3.63, 3.8) is 0 Å². The maximum Gasteiger partial charge on any atom is 0.135 e. The summed E-state index contributed by atoms with van der Waals surface area (Å²) in [5, 5.41) is 10.0. The van der Waals surface area contributed by atoms with E-state index in [0.29, 0.717) is 18.6 Å². The molecule has 0 amide bonds. The van der Waals surface area contributed by atoms with Crippen LogP contribution < -0.4 is 5.73 Å². The lowest BCUT2D eigenvalue weighted by Gasteiger charge is -2.25. The number of hydrogen-bond acceptors (Lipinski definition) is 3. The number of Topliss-reactive ketones (excluding diaryl/α,β-unsaturated/α-hetero) is 1. The van der Waals surface area contributed by atoms with E-state index >= 15 is 0 Å². The Morgan fingerprint density at radius 2 is 2.00 bits per heavy atom. The summed E-state index contributed by atoms with van der Waals surface area (Å²) in [5.41, 5.74) is 4.97. The highest BCUT2D eigenvalue weighted by Crippen LogP contribution is 2.21. The van der Waals surface area contributed by atoms with E-state index in [4.69, 9.17) is 5.73 Å². The number of carbonyl (C=O) groups excluding carboxylic acids is 1. The van der Waals surface area contributed by atoms with Gasteiger partial charge in [-0.3, -0.25) is 4.79 Å². The zero-order valence-corrected chi connectivity index (χ0v) is 11.1. The van der Waals surface area contributed by atoms with E-state index in [1.165, 1.54) is 0 Å². The van der Waals surface area contributed by atoms with Gasteiger partial charge in [-0.2, -0.15) is 0 Å². The van der Waals surface area contributed by atoms with Crippen molar-refractivity contribution in [2.45, 2.75) is 71.4 Å². The van der Waals surface area contributed by atoms with Crippen molar-refractivity contribution in [1.29, 1.82) is 0 Å². The van der Waals surface area contributed by atoms with Crippen LogP contribution in [-0.2, 0) is 4.79 Å². The van der Waals surface area contributed by atoms with Gasteiger partial charge in [0, 0.05) is 18.4 Å². The predicted molar refractivity (Wildman–Crippen MR) is 67.2 cm³/mol. The highest BCUT2D eigenvalue weighted by Gasteiger charge is 2.22. The average molecular weight is 229 g/mol. The molecule has 0 saturated carbocycles. The second-order valence-corrected chi connectivity index (χ2v) is 5.29. The van der Waals surface area contributed by atoms with Crippen LogP contribution in [0.1, 0.15) is 59.8 Å². The number of aliphatic hydroxyl groups is 1. The van der Waals surface area contributed by atoms with Gasteiger partial charge in [-0.05, 0) is 39.5 Å². The van der Waals surface area contributed by atoms with E-state index in [9.17, 15) is 9.90 Å². The molecule has 0 aliphatic heterocycles. The Hall–Kier alpha value is -0.410. The molecule has 3 unspecified atom stereocenters. The van der Waals surface area contributed by atoms with Gasteiger partial charge in [0.2, 0.25) is 0 Å². The van der Waals surface area contributed by atoms with Gasteiger partial charge in [0.1, 0.15) is 5.78 Å². The molecule has 0 spiro atoms. The van der Waals surface area contributed by atoms with Crippen molar-refractivity contribution in [3.05, 3.63) is 0 Å². The molecule has 0 aromatic rings. The number of carbonyl (C=O) groups is 1. The van der Waals surface area contributed by atoms with Crippen LogP contribution in [0, 0.1) is 5.92 Å². The normalized spacial score (nSPS) is 18.9.